The van der Waals surface area contributed by atoms with Crippen LogP contribution in [-0.2, 0) is 9.53 Å². The van der Waals surface area contributed by atoms with Crippen LogP contribution in [0.1, 0.15) is 12.8 Å². The molecule has 0 bridgehead atoms. The molecule has 2 heterocycles. The van der Waals surface area contributed by atoms with E-state index in [2.05, 4.69) is 10.6 Å². The first-order chi connectivity index (χ1) is 5.86. The highest BCUT2D eigenvalue weighted by molar-refractivity contribution is 5.82. The van der Waals surface area contributed by atoms with Crippen molar-refractivity contribution in [3.8, 4) is 0 Å². The maximum absolute atomic E-state index is 11.4. The van der Waals surface area contributed by atoms with E-state index in [0.29, 0.717) is 13.2 Å². The second-order valence-corrected chi connectivity index (χ2v) is 3.39. The average molecular weight is 170 g/mol. The Bertz CT molecular complexity index is 174. The molecule has 4 heteroatoms. The lowest BCUT2D eigenvalue weighted by atomic mass is 10.2. The number of ether oxygens (including phenoxy) is 1. The lowest BCUT2D eigenvalue weighted by molar-refractivity contribution is -0.126. The monoisotopic (exact) mass is 170 g/mol. The Morgan fingerprint density at radius 2 is 2.33 bits per heavy atom. The Labute approximate surface area is 71.7 Å². The second kappa shape index (κ2) is 3.41. The Kier molecular flexibility index (Phi) is 2.28. The van der Waals surface area contributed by atoms with Gasteiger partial charge in [-0.1, -0.05) is 0 Å². The van der Waals surface area contributed by atoms with Gasteiger partial charge in [0, 0.05) is 0 Å². The predicted octanol–water partition coefficient (Wildman–Crippen LogP) is -0.747. The lowest BCUT2D eigenvalue weighted by Gasteiger charge is -2.27. The number of hydrogen-bond acceptors (Lipinski definition) is 3. The molecule has 2 aliphatic heterocycles. The molecule has 0 aromatic carbocycles. The summed E-state index contributed by atoms with van der Waals surface area (Å²) in [5.41, 5.74) is 0. The van der Waals surface area contributed by atoms with Gasteiger partial charge >= 0.3 is 0 Å². The molecule has 0 aromatic heterocycles. The van der Waals surface area contributed by atoms with Gasteiger partial charge in [-0.2, -0.15) is 0 Å². The van der Waals surface area contributed by atoms with Crippen molar-refractivity contribution in [2.24, 2.45) is 0 Å². The zero-order valence-corrected chi connectivity index (χ0v) is 7.01. The smallest absolute Gasteiger partial charge is 0.237 e. The largest absolute Gasteiger partial charge is 0.377 e. The van der Waals surface area contributed by atoms with Crippen LogP contribution in [0, 0.1) is 0 Å². The molecular formula is C8H14N2O2. The van der Waals surface area contributed by atoms with Crippen molar-refractivity contribution < 1.29 is 9.53 Å². The second-order valence-electron chi connectivity index (χ2n) is 3.39. The Balaban J connectivity index is 1.74. The molecule has 0 unspecified atom stereocenters. The van der Waals surface area contributed by atoms with Crippen molar-refractivity contribution in [1.29, 1.82) is 0 Å². The minimum Gasteiger partial charge on any atom is -0.377 e. The summed E-state index contributed by atoms with van der Waals surface area (Å²) in [6.07, 6.45) is 2.08. The lowest BCUT2D eigenvalue weighted by Crippen LogP contribution is -2.53. The molecule has 2 fully saturated rings. The van der Waals surface area contributed by atoms with Crippen LogP contribution in [-0.4, -0.2) is 37.7 Å². The molecule has 0 aromatic rings. The fourth-order valence-corrected chi connectivity index (χ4v) is 1.53. The van der Waals surface area contributed by atoms with Gasteiger partial charge in [0.15, 0.2) is 0 Å². The van der Waals surface area contributed by atoms with Crippen molar-refractivity contribution in [2.75, 3.05) is 19.8 Å². The van der Waals surface area contributed by atoms with Gasteiger partial charge in [0.2, 0.25) is 5.91 Å². The number of carbonyl (C=O) groups is 1. The summed E-state index contributed by atoms with van der Waals surface area (Å²) in [5, 5.41) is 6.09. The highest BCUT2D eigenvalue weighted by Crippen LogP contribution is 2.06. The summed E-state index contributed by atoms with van der Waals surface area (Å²) in [7, 11) is 0. The predicted molar refractivity (Wildman–Crippen MR) is 43.8 cm³/mol. The number of hydrogen-bond donors (Lipinski definition) is 2. The van der Waals surface area contributed by atoms with Crippen molar-refractivity contribution in [1.82, 2.24) is 10.6 Å². The summed E-state index contributed by atoms with van der Waals surface area (Å²) in [5.74, 6) is 0.140. The summed E-state index contributed by atoms with van der Waals surface area (Å²) < 4.78 is 4.96. The molecule has 0 spiro atoms. The average Bonchev–Trinajstić information content (AvgIpc) is 2.47. The standard InChI is InChI=1S/C8H14N2O2/c11-8(7-2-1-3-9-7)10-6-4-12-5-6/h6-7,9H,1-5H2,(H,10,11)/t7-/m0/s1. The number of carbonyl (C=O) groups excluding carboxylic acids is 1. The summed E-state index contributed by atoms with van der Waals surface area (Å²) in [4.78, 5) is 11.4. The topological polar surface area (TPSA) is 50.4 Å². The molecule has 2 N–H and O–H groups in total. The van der Waals surface area contributed by atoms with Crippen LogP contribution in [0.15, 0.2) is 0 Å². The van der Waals surface area contributed by atoms with E-state index in [4.69, 9.17) is 4.74 Å². The van der Waals surface area contributed by atoms with E-state index in [9.17, 15) is 4.79 Å². The SMILES string of the molecule is O=C(NC1COC1)[C@@H]1CCCN1. The molecule has 2 saturated heterocycles. The van der Waals surface area contributed by atoms with E-state index in [1.807, 2.05) is 0 Å². The van der Waals surface area contributed by atoms with E-state index >= 15 is 0 Å². The van der Waals surface area contributed by atoms with E-state index < -0.39 is 0 Å². The molecule has 4 nitrogen and oxygen atoms in total. The van der Waals surface area contributed by atoms with Gasteiger partial charge < -0.3 is 15.4 Å². The summed E-state index contributed by atoms with van der Waals surface area (Å²) in [6, 6.07) is 0.311. The number of amides is 1. The minimum absolute atomic E-state index is 0.0469. The van der Waals surface area contributed by atoms with E-state index in [1.54, 1.807) is 0 Å². The fraction of sp³-hybridized carbons (Fsp3) is 0.875. The summed E-state index contributed by atoms with van der Waals surface area (Å²) in [6.45, 7) is 2.33. The molecule has 68 valence electrons. The molecular weight excluding hydrogens is 156 g/mol. The third kappa shape index (κ3) is 1.59. The highest BCUT2D eigenvalue weighted by atomic mass is 16.5. The van der Waals surface area contributed by atoms with Gasteiger partial charge in [-0.25, -0.2) is 0 Å². The van der Waals surface area contributed by atoms with Crippen LogP contribution in [0.3, 0.4) is 0 Å². The van der Waals surface area contributed by atoms with Gasteiger partial charge in [0.25, 0.3) is 0 Å². The first-order valence-electron chi connectivity index (χ1n) is 4.48. The van der Waals surface area contributed by atoms with E-state index in [0.717, 1.165) is 19.4 Å². The third-order valence-electron chi connectivity index (χ3n) is 2.36. The maximum atomic E-state index is 11.4. The molecule has 12 heavy (non-hydrogen) atoms. The summed E-state index contributed by atoms with van der Waals surface area (Å²) >= 11 is 0. The molecule has 0 aliphatic carbocycles. The van der Waals surface area contributed by atoms with Gasteiger partial charge in [-0.05, 0) is 19.4 Å². The van der Waals surface area contributed by atoms with Gasteiger partial charge in [-0.15, -0.1) is 0 Å². The van der Waals surface area contributed by atoms with Crippen molar-refractivity contribution >= 4 is 5.91 Å². The number of rotatable bonds is 2. The minimum atomic E-state index is 0.0469. The molecule has 2 aliphatic rings. The van der Waals surface area contributed by atoms with E-state index in [-0.39, 0.29) is 18.0 Å². The molecule has 2 rings (SSSR count). The zero-order chi connectivity index (χ0) is 8.39. The van der Waals surface area contributed by atoms with Crippen molar-refractivity contribution in [3.63, 3.8) is 0 Å². The molecule has 1 atom stereocenters. The van der Waals surface area contributed by atoms with E-state index in [1.165, 1.54) is 0 Å². The van der Waals surface area contributed by atoms with Crippen LogP contribution in [0.25, 0.3) is 0 Å². The fourth-order valence-electron chi connectivity index (χ4n) is 1.53. The normalized spacial score (nSPS) is 29.8. The Morgan fingerprint density at radius 1 is 1.50 bits per heavy atom. The van der Waals surface area contributed by atoms with Gasteiger partial charge in [0.05, 0.1) is 25.3 Å². The van der Waals surface area contributed by atoms with Crippen molar-refractivity contribution in [2.45, 2.75) is 24.9 Å². The van der Waals surface area contributed by atoms with Crippen LogP contribution >= 0.6 is 0 Å². The van der Waals surface area contributed by atoms with Gasteiger partial charge in [-0.3, -0.25) is 4.79 Å². The first kappa shape index (κ1) is 8.01. The van der Waals surface area contributed by atoms with Crippen LogP contribution in [0.4, 0.5) is 0 Å². The molecule has 0 radical (unpaired) electrons. The third-order valence-corrected chi connectivity index (χ3v) is 2.36. The number of nitrogens with one attached hydrogen (secondary N) is 2. The van der Waals surface area contributed by atoms with Crippen LogP contribution in [0.2, 0.25) is 0 Å². The molecule has 0 saturated carbocycles. The van der Waals surface area contributed by atoms with Gasteiger partial charge in [0.1, 0.15) is 0 Å². The quantitative estimate of drug-likeness (QED) is 0.573. The van der Waals surface area contributed by atoms with Crippen molar-refractivity contribution in [3.05, 3.63) is 0 Å². The zero-order valence-electron chi connectivity index (χ0n) is 7.01. The first-order valence-corrected chi connectivity index (χ1v) is 4.48. The van der Waals surface area contributed by atoms with Crippen LogP contribution < -0.4 is 10.6 Å². The van der Waals surface area contributed by atoms with Crippen LogP contribution in [0.5, 0.6) is 0 Å². The Hall–Kier alpha value is -0.610. The Morgan fingerprint density at radius 3 is 2.83 bits per heavy atom. The maximum Gasteiger partial charge on any atom is 0.237 e. The highest BCUT2D eigenvalue weighted by Gasteiger charge is 2.26. The molecule has 1 amide bonds.